The third kappa shape index (κ3) is 4.08. The summed E-state index contributed by atoms with van der Waals surface area (Å²) in [6.07, 6.45) is 1.57. The van der Waals surface area contributed by atoms with Gasteiger partial charge in [-0.2, -0.15) is 0 Å². The van der Waals surface area contributed by atoms with Crippen LogP contribution >= 0.6 is 11.6 Å². The van der Waals surface area contributed by atoms with Gasteiger partial charge in [-0.3, -0.25) is 4.79 Å². The molecule has 100 valence electrons. The molecule has 19 heavy (non-hydrogen) atoms. The fourth-order valence-electron chi connectivity index (χ4n) is 1.49. The summed E-state index contributed by atoms with van der Waals surface area (Å²) < 4.78 is 18.0. The zero-order chi connectivity index (χ0) is 13.7. The lowest BCUT2D eigenvalue weighted by molar-refractivity contribution is -0.115. The third-order valence-electron chi connectivity index (χ3n) is 2.37. The van der Waals surface area contributed by atoms with E-state index in [1.165, 1.54) is 18.2 Å². The van der Waals surface area contributed by atoms with Gasteiger partial charge in [-0.1, -0.05) is 11.6 Å². The van der Waals surface area contributed by atoms with Crippen LogP contribution in [0.2, 0.25) is 5.02 Å². The highest BCUT2D eigenvalue weighted by Gasteiger charge is 2.05. The minimum atomic E-state index is -0.518. The molecule has 0 aliphatic carbocycles. The molecule has 0 radical (unpaired) electrons. The lowest BCUT2D eigenvalue weighted by Gasteiger charge is -2.06. The van der Waals surface area contributed by atoms with Gasteiger partial charge < -0.3 is 15.1 Å². The van der Waals surface area contributed by atoms with Crippen molar-refractivity contribution in [3.8, 4) is 0 Å². The Morgan fingerprint density at radius 3 is 2.89 bits per heavy atom. The van der Waals surface area contributed by atoms with Crippen molar-refractivity contribution in [3.63, 3.8) is 0 Å². The van der Waals surface area contributed by atoms with Crippen LogP contribution in [-0.4, -0.2) is 12.5 Å². The molecule has 1 aromatic carbocycles. The van der Waals surface area contributed by atoms with Gasteiger partial charge in [0.25, 0.3) is 0 Å². The highest BCUT2D eigenvalue weighted by molar-refractivity contribution is 6.31. The first kappa shape index (κ1) is 13.6. The van der Waals surface area contributed by atoms with Crippen molar-refractivity contribution in [1.29, 1.82) is 0 Å². The van der Waals surface area contributed by atoms with E-state index in [-0.39, 0.29) is 17.5 Å². The molecular weight excluding hydrogens is 271 g/mol. The van der Waals surface area contributed by atoms with Crippen LogP contribution in [0.3, 0.4) is 0 Å². The summed E-state index contributed by atoms with van der Waals surface area (Å²) in [6.45, 7) is 0.584. The van der Waals surface area contributed by atoms with Crippen molar-refractivity contribution in [2.45, 2.75) is 6.54 Å². The molecule has 0 aliphatic heterocycles. The molecule has 0 atom stereocenters. The number of anilines is 1. The minimum Gasteiger partial charge on any atom is -0.468 e. The fourth-order valence-corrected chi connectivity index (χ4v) is 1.67. The van der Waals surface area contributed by atoms with Gasteiger partial charge >= 0.3 is 0 Å². The number of furan rings is 1. The Morgan fingerprint density at radius 1 is 1.37 bits per heavy atom. The Morgan fingerprint density at radius 2 is 2.21 bits per heavy atom. The summed E-state index contributed by atoms with van der Waals surface area (Å²) >= 11 is 5.61. The second-order valence-corrected chi connectivity index (χ2v) is 4.27. The highest BCUT2D eigenvalue weighted by Crippen LogP contribution is 2.19. The average Bonchev–Trinajstić information content (AvgIpc) is 2.87. The fraction of sp³-hybridized carbons (Fsp3) is 0.154. The number of carbonyl (C=O) groups is 1. The molecule has 4 nitrogen and oxygen atoms in total. The maximum atomic E-state index is 12.9. The Labute approximate surface area is 114 Å². The van der Waals surface area contributed by atoms with E-state index in [0.29, 0.717) is 12.2 Å². The largest absolute Gasteiger partial charge is 0.468 e. The Kier molecular flexibility index (Phi) is 4.54. The van der Waals surface area contributed by atoms with Crippen LogP contribution in [0.5, 0.6) is 0 Å². The molecule has 0 saturated heterocycles. The highest BCUT2D eigenvalue weighted by atomic mass is 35.5. The van der Waals surface area contributed by atoms with Crippen molar-refractivity contribution in [3.05, 3.63) is 53.2 Å². The average molecular weight is 283 g/mol. The van der Waals surface area contributed by atoms with Crippen LogP contribution in [0.15, 0.2) is 41.0 Å². The van der Waals surface area contributed by atoms with Gasteiger partial charge in [0, 0.05) is 5.69 Å². The van der Waals surface area contributed by atoms with Crippen molar-refractivity contribution < 1.29 is 13.6 Å². The SMILES string of the molecule is O=C(CNCc1ccco1)Nc1ccc(F)c(Cl)c1. The van der Waals surface area contributed by atoms with Gasteiger partial charge in [0.15, 0.2) is 0 Å². The van der Waals surface area contributed by atoms with E-state index >= 15 is 0 Å². The lowest BCUT2D eigenvalue weighted by atomic mass is 10.3. The summed E-state index contributed by atoms with van der Waals surface area (Å²) in [5, 5.41) is 5.50. The number of amides is 1. The summed E-state index contributed by atoms with van der Waals surface area (Å²) in [5.41, 5.74) is 0.455. The lowest BCUT2D eigenvalue weighted by Crippen LogP contribution is -2.27. The second kappa shape index (κ2) is 6.36. The van der Waals surface area contributed by atoms with Gasteiger partial charge in [0.2, 0.25) is 5.91 Å². The van der Waals surface area contributed by atoms with Crippen LogP contribution in [0.4, 0.5) is 10.1 Å². The quantitative estimate of drug-likeness (QED) is 0.887. The second-order valence-electron chi connectivity index (χ2n) is 3.86. The van der Waals surface area contributed by atoms with E-state index in [9.17, 15) is 9.18 Å². The molecule has 1 aromatic heterocycles. The first-order valence-corrected chi connectivity index (χ1v) is 6.01. The smallest absolute Gasteiger partial charge is 0.238 e. The van der Waals surface area contributed by atoms with Crippen LogP contribution in [0.1, 0.15) is 5.76 Å². The van der Waals surface area contributed by atoms with Crippen molar-refractivity contribution in [2.24, 2.45) is 0 Å². The van der Waals surface area contributed by atoms with Crippen molar-refractivity contribution >= 4 is 23.2 Å². The van der Waals surface area contributed by atoms with Gasteiger partial charge in [0.05, 0.1) is 24.4 Å². The van der Waals surface area contributed by atoms with Crippen LogP contribution in [-0.2, 0) is 11.3 Å². The standard InChI is InChI=1S/C13H12ClFN2O2/c14-11-6-9(3-4-12(11)15)17-13(18)8-16-7-10-2-1-5-19-10/h1-6,16H,7-8H2,(H,17,18). The van der Waals surface area contributed by atoms with Crippen LogP contribution in [0.25, 0.3) is 0 Å². The number of hydrogen-bond donors (Lipinski definition) is 2. The maximum Gasteiger partial charge on any atom is 0.238 e. The van der Waals surface area contributed by atoms with E-state index in [1.807, 2.05) is 6.07 Å². The minimum absolute atomic E-state index is 0.0265. The normalized spacial score (nSPS) is 10.4. The topological polar surface area (TPSA) is 54.3 Å². The zero-order valence-corrected chi connectivity index (χ0v) is 10.7. The molecule has 0 fully saturated rings. The molecule has 2 N–H and O–H groups in total. The van der Waals surface area contributed by atoms with Gasteiger partial charge in [0.1, 0.15) is 11.6 Å². The Balaban J connectivity index is 1.79. The molecule has 0 bridgehead atoms. The van der Waals surface area contributed by atoms with E-state index in [4.69, 9.17) is 16.0 Å². The van der Waals surface area contributed by atoms with E-state index in [2.05, 4.69) is 10.6 Å². The van der Waals surface area contributed by atoms with Gasteiger partial charge in [-0.15, -0.1) is 0 Å². The van der Waals surface area contributed by atoms with Crippen molar-refractivity contribution in [1.82, 2.24) is 5.32 Å². The van der Waals surface area contributed by atoms with E-state index in [1.54, 1.807) is 12.3 Å². The van der Waals surface area contributed by atoms with E-state index < -0.39 is 5.82 Å². The number of nitrogens with one attached hydrogen (secondary N) is 2. The Hall–Kier alpha value is -1.85. The Bertz CT molecular complexity index is 558. The van der Waals surface area contributed by atoms with Crippen LogP contribution in [0, 0.1) is 5.82 Å². The molecule has 6 heteroatoms. The molecule has 1 heterocycles. The molecule has 0 aliphatic rings. The third-order valence-corrected chi connectivity index (χ3v) is 2.66. The summed E-state index contributed by atoms with van der Waals surface area (Å²) in [5.74, 6) is -0.0116. The number of rotatable bonds is 5. The molecule has 0 saturated carbocycles. The first-order valence-electron chi connectivity index (χ1n) is 5.63. The molecular formula is C13H12ClFN2O2. The predicted octanol–water partition coefficient (Wildman–Crippen LogP) is 2.80. The summed E-state index contributed by atoms with van der Waals surface area (Å²) in [6, 6.07) is 7.60. The molecule has 2 rings (SSSR count). The van der Waals surface area contributed by atoms with Gasteiger partial charge in [-0.05, 0) is 30.3 Å². The summed E-state index contributed by atoms with van der Waals surface area (Å²) in [7, 11) is 0. The van der Waals surface area contributed by atoms with Crippen LogP contribution < -0.4 is 10.6 Å². The number of carbonyl (C=O) groups excluding carboxylic acids is 1. The first-order chi connectivity index (χ1) is 9.15. The number of halogens is 2. The number of hydrogen-bond acceptors (Lipinski definition) is 3. The van der Waals surface area contributed by atoms with Gasteiger partial charge in [-0.25, -0.2) is 4.39 Å². The predicted molar refractivity (Wildman–Crippen MR) is 70.5 cm³/mol. The van der Waals surface area contributed by atoms with E-state index in [0.717, 1.165) is 5.76 Å². The maximum absolute atomic E-state index is 12.9. The molecule has 2 aromatic rings. The monoisotopic (exact) mass is 282 g/mol. The molecule has 0 spiro atoms. The zero-order valence-electron chi connectivity index (χ0n) is 9.95. The number of benzene rings is 1. The molecule has 1 amide bonds. The molecule has 0 unspecified atom stereocenters. The summed E-state index contributed by atoms with van der Waals surface area (Å²) in [4.78, 5) is 11.6. The van der Waals surface area contributed by atoms with Crippen molar-refractivity contribution in [2.75, 3.05) is 11.9 Å².